The molecule has 1 N–H and O–H groups in total. The summed E-state index contributed by atoms with van der Waals surface area (Å²) in [7, 11) is 0. The van der Waals surface area contributed by atoms with Gasteiger partial charge >= 0.3 is 11.9 Å². The molecule has 88 valence electrons. The summed E-state index contributed by atoms with van der Waals surface area (Å²) in [5.74, 6) is -2.14. The highest BCUT2D eigenvalue weighted by molar-refractivity contribution is 5.79. The lowest BCUT2D eigenvalue weighted by atomic mass is 9.93. The fourth-order valence-electron chi connectivity index (χ4n) is 1.17. The number of carbonyl (C=O) groups excluding carboxylic acids is 1. The number of aliphatic carboxylic acids is 1. The van der Waals surface area contributed by atoms with E-state index in [2.05, 4.69) is 0 Å². The molecular weight excluding hydrogens is 196 g/mol. The lowest BCUT2D eigenvalue weighted by Gasteiger charge is -2.22. The van der Waals surface area contributed by atoms with Crippen molar-refractivity contribution in [3.05, 3.63) is 0 Å². The van der Waals surface area contributed by atoms with Crippen molar-refractivity contribution in [1.82, 2.24) is 0 Å². The number of rotatable bonds is 4. The summed E-state index contributed by atoms with van der Waals surface area (Å²) < 4.78 is 5.07. The van der Waals surface area contributed by atoms with Crippen molar-refractivity contribution in [3.63, 3.8) is 0 Å². The van der Waals surface area contributed by atoms with Crippen LogP contribution in [0.25, 0.3) is 0 Å². The smallest absolute Gasteiger partial charge is 0.307 e. The Morgan fingerprint density at radius 1 is 1.27 bits per heavy atom. The van der Waals surface area contributed by atoms with Crippen LogP contribution < -0.4 is 0 Å². The minimum absolute atomic E-state index is 0.0652. The zero-order valence-electron chi connectivity index (χ0n) is 10.0. The molecule has 0 bridgehead atoms. The standard InChI is InChI=1S/C11H20O4/c1-7(2)8(10(13)14)6-9(12)15-11(3,4)5/h7-8H,6H2,1-5H3,(H,13,14). The van der Waals surface area contributed by atoms with Gasteiger partial charge in [0, 0.05) is 0 Å². The summed E-state index contributed by atoms with van der Waals surface area (Å²) in [4.78, 5) is 22.2. The summed E-state index contributed by atoms with van der Waals surface area (Å²) in [6.07, 6.45) is -0.0652. The van der Waals surface area contributed by atoms with Crippen molar-refractivity contribution in [2.24, 2.45) is 11.8 Å². The summed E-state index contributed by atoms with van der Waals surface area (Å²) in [5.41, 5.74) is -0.558. The summed E-state index contributed by atoms with van der Waals surface area (Å²) >= 11 is 0. The number of ether oxygens (including phenoxy) is 1. The number of carboxylic acid groups (broad SMARTS) is 1. The van der Waals surface area contributed by atoms with Gasteiger partial charge in [-0.1, -0.05) is 13.8 Å². The van der Waals surface area contributed by atoms with Gasteiger partial charge in [-0.15, -0.1) is 0 Å². The van der Waals surface area contributed by atoms with E-state index in [1.54, 1.807) is 34.6 Å². The van der Waals surface area contributed by atoms with Gasteiger partial charge in [0.05, 0.1) is 12.3 Å². The van der Waals surface area contributed by atoms with Crippen molar-refractivity contribution in [2.45, 2.75) is 46.6 Å². The first-order valence-electron chi connectivity index (χ1n) is 5.08. The van der Waals surface area contributed by atoms with E-state index in [9.17, 15) is 9.59 Å². The van der Waals surface area contributed by atoms with Crippen molar-refractivity contribution in [3.8, 4) is 0 Å². The highest BCUT2D eigenvalue weighted by Crippen LogP contribution is 2.18. The number of hydrogen-bond acceptors (Lipinski definition) is 3. The van der Waals surface area contributed by atoms with Crippen LogP contribution in [0, 0.1) is 11.8 Å². The van der Waals surface area contributed by atoms with E-state index in [1.807, 2.05) is 0 Å². The van der Waals surface area contributed by atoms with Gasteiger partial charge in [0.2, 0.25) is 0 Å². The van der Waals surface area contributed by atoms with Gasteiger partial charge in [-0.2, -0.15) is 0 Å². The second kappa shape index (κ2) is 5.14. The average Bonchev–Trinajstić information content (AvgIpc) is 1.95. The van der Waals surface area contributed by atoms with Crippen LogP contribution >= 0.6 is 0 Å². The predicted octanol–water partition coefficient (Wildman–Crippen LogP) is 2.07. The molecule has 4 heteroatoms. The Kier molecular flexibility index (Phi) is 4.78. The molecule has 1 unspecified atom stereocenters. The maximum absolute atomic E-state index is 11.4. The zero-order chi connectivity index (χ0) is 12.2. The highest BCUT2D eigenvalue weighted by atomic mass is 16.6. The molecular formula is C11H20O4. The quantitative estimate of drug-likeness (QED) is 0.731. The molecule has 15 heavy (non-hydrogen) atoms. The van der Waals surface area contributed by atoms with E-state index < -0.39 is 23.5 Å². The fraction of sp³-hybridized carbons (Fsp3) is 0.818. The normalized spacial score (nSPS) is 13.7. The molecule has 1 atom stereocenters. The number of esters is 1. The maximum atomic E-state index is 11.4. The molecule has 0 amide bonds. The van der Waals surface area contributed by atoms with Crippen LogP contribution in [0.2, 0.25) is 0 Å². The summed E-state index contributed by atoms with van der Waals surface area (Å²) in [6.45, 7) is 8.84. The van der Waals surface area contributed by atoms with Crippen LogP contribution in [-0.2, 0) is 14.3 Å². The molecule has 0 aromatic rings. The molecule has 0 saturated heterocycles. The molecule has 0 fully saturated rings. The molecule has 0 aliphatic heterocycles. The van der Waals surface area contributed by atoms with E-state index in [0.29, 0.717) is 0 Å². The van der Waals surface area contributed by atoms with E-state index in [4.69, 9.17) is 9.84 Å². The van der Waals surface area contributed by atoms with Crippen LogP contribution in [0.1, 0.15) is 41.0 Å². The van der Waals surface area contributed by atoms with Gasteiger partial charge in [0.25, 0.3) is 0 Å². The van der Waals surface area contributed by atoms with Gasteiger partial charge in [-0.3, -0.25) is 9.59 Å². The Morgan fingerprint density at radius 2 is 1.73 bits per heavy atom. The Labute approximate surface area is 90.6 Å². The third-order valence-corrected chi connectivity index (χ3v) is 1.93. The summed E-state index contributed by atoms with van der Waals surface area (Å²) in [6, 6.07) is 0. The zero-order valence-corrected chi connectivity index (χ0v) is 10.0. The Bertz CT molecular complexity index is 237. The van der Waals surface area contributed by atoms with Crippen molar-refractivity contribution in [1.29, 1.82) is 0 Å². The SMILES string of the molecule is CC(C)C(CC(=O)OC(C)(C)C)C(=O)O. The lowest BCUT2D eigenvalue weighted by Crippen LogP contribution is -2.29. The van der Waals surface area contributed by atoms with Crippen LogP contribution in [0.15, 0.2) is 0 Å². The largest absolute Gasteiger partial charge is 0.481 e. The first-order valence-corrected chi connectivity index (χ1v) is 5.08. The first-order chi connectivity index (χ1) is 6.63. The van der Waals surface area contributed by atoms with Gasteiger partial charge in [-0.05, 0) is 26.7 Å². The van der Waals surface area contributed by atoms with Crippen LogP contribution in [0.5, 0.6) is 0 Å². The molecule has 0 aliphatic carbocycles. The minimum atomic E-state index is -0.948. The van der Waals surface area contributed by atoms with E-state index in [0.717, 1.165) is 0 Å². The Hall–Kier alpha value is -1.06. The monoisotopic (exact) mass is 216 g/mol. The van der Waals surface area contributed by atoms with Crippen molar-refractivity contribution in [2.75, 3.05) is 0 Å². The molecule has 4 nitrogen and oxygen atoms in total. The topological polar surface area (TPSA) is 63.6 Å². The minimum Gasteiger partial charge on any atom is -0.481 e. The molecule has 0 rings (SSSR count). The Balaban J connectivity index is 4.31. The van der Waals surface area contributed by atoms with Gasteiger partial charge in [-0.25, -0.2) is 0 Å². The van der Waals surface area contributed by atoms with E-state index in [-0.39, 0.29) is 12.3 Å². The van der Waals surface area contributed by atoms with Gasteiger partial charge < -0.3 is 9.84 Å². The highest BCUT2D eigenvalue weighted by Gasteiger charge is 2.27. The molecule has 0 saturated carbocycles. The first kappa shape index (κ1) is 13.9. The Morgan fingerprint density at radius 3 is 2.00 bits per heavy atom. The second-order valence-electron chi connectivity index (χ2n) is 4.98. The third kappa shape index (κ3) is 6.10. The van der Waals surface area contributed by atoms with Gasteiger partial charge in [0.15, 0.2) is 0 Å². The predicted molar refractivity (Wildman–Crippen MR) is 56.4 cm³/mol. The number of carboxylic acids is 1. The van der Waals surface area contributed by atoms with Crippen LogP contribution in [-0.4, -0.2) is 22.6 Å². The molecule has 0 spiro atoms. The summed E-state index contributed by atoms with van der Waals surface area (Å²) in [5, 5.41) is 8.88. The lowest BCUT2D eigenvalue weighted by molar-refractivity contribution is -0.160. The maximum Gasteiger partial charge on any atom is 0.307 e. The number of hydrogen-bond donors (Lipinski definition) is 1. The van der Waals surface area contributed by atoms with E-state index >= 15 is 0 Å². The molecule has 0 radical (unpaired) electrons. The van der Waals surface area contributed by atoms with Crippen molar-refractivity contribution < 1.29 is 19.4 Å². The molecule has 0 aliphatic rings. The molecule has 0 aromatic heterocycles. The van der Waals surface area contributed by atoms with Crippen LogP contribution in [0.4, 0.5) is 0 Å². The van der Waals surface area contributed by atoms with Crippen LogP contribution in [0.3, 0.4) is 0 Å². The van der Waals surface area contributed by atoms with E-state index in [1.165, 1.54) is 0 Å². The number of carbonyl (C=O) groups is 2. The fourth-order valence-corrected chi connectivity index (χ4v) is 1.17. The third-order valence-electron chi connectivity index (χ3n) is 1.93. The second-order valence-corrected chi connectivity index (χ2v) is 4.98. The average molecular weight is 216 g/mol. The van der Waals surface area contributed by atoms with Gasteiger partial charge in [0.1, 0.15) is 5.60 Å². The van der Waals surface area contributed by atoms with Crippen molar-refractivity contribution >= 4 is 11.9 Å². The molecule has 0 heterocycles. The molecule has 0 aromatic carbocycles.